The lowest BCUT2D eigenvalue weighted by Gasteiger charge is -2.28. The third-order valence-corrected chi connectivity index (χ3v) is 5.07. The van der Waals surface area contributed by atoms with Crippen LogP contribution in [-0.2, 0) is 0 Å². The van der Waals surface area contributed by atoms with E-state index in [-0.39, 0.29) is 0 Å². The highest BCUT2D eigenvalue weighted by Gasteiger charge is 2.11. The van der Waals surface area contributed by atoms with Crippen LogP contribution in [0.3, 0.4) is 0 Å². The topological polar surface area (TPSA) is 12.5 Å². The molecule has 0 spiro atoms. The van der Waals surface area contributed by atoms with Gasteiger partial charge < -0.3 is 9.64 Å². The molecule has 138 valence electrons. The SMILES string of the molecule is Cc1ccccc1OCCCCCCCCN1CC=Cc2ccccc21. The lowest BCUT2D eigenvalue weighted by atomic mass is 10.1. The zero-order chi connectivity index (χ0) is 18.0. The molecule has 2 heteroatoms. The fraction of sp³-hybridized carbons (Fsp3) is 0.417. The van der Waals surface area contributed by atoms with Crippen molar-refractivity contribution >= 4 is 11.8 Å². The second-order valence-corrected chi connectivity index (χ2v) is 7.14. The predicted molar refractivity (Wildman–Crippen MR) is 112 cm³/mol. The van der Waals surface area contributed by atoms with Crippen molar-refractivity contribution in [2.75, 3.05) is 24.6 Å². The average molecular weight is 350 g/mol. The van der Waals surface area contributed by atoms with Crippen LogP contribution in [0.2, 0.25) is 0 Å². The van der Waals surface area contributed by atoms with E-state index in [2.05, 4.69) is 66.4 Å². The van der Waals surface area contributed by atoms with Crippen LogP contribution in [0.5, 0.6) is 5.75 Å². The number of fused-ring (bicyclic) bond motifs is 1. The Labute approximate surface area is 158 Å². The van der Waals surface area contributed by atoms with Crippen LogP contribution in [-0.4, -0.2) is 19.7 Å². The van der Waals surface area contributed by atoms with Crippen molar-refractivity contribution < 1.29 is 4.74 Å². The molecule has 1 aliphatic rings. The number of aryl methyl sites for hydroxylation is 1. The van der Waals surface area contributed by atoms with Gasteiger partial charge in [-0.3, -0.25) is 0 Å². The molecule has 1 heterocycles. The number of benzene rings is 2. The summed E-state index contributed by atoms with van der Waals surface area (Å²) >= 11 is 0. The van der Waals surface area contributed by atoms with Gasteiger partial charge in [0.15, 0.2) is 0 Å². The average Bonchev–Trinajstić information content (AvgIpc) is 2.68. The van der Waals surface area contributed by atoms with Crippen molar-refractivity contribution in [2.24, 2.45) is 0 Å². The fourth-order valence-corrected chi connectivity index (χ4v) is 3.55. The number of para-hydroxylation sites is 2. The zero-order valence-corrected chi connectivity index (χ0v) is 16.0. The first-order valence-corrected chi connectivity index (χ1v) is 10.0. The fourth-order valence-electron chi connectivity index (χ4n) is 3.55. The van der Waals surface area contributed by atoms with Crippen LogP contribution < -0.4 is 9.64 Å². The van der Waals surface area contributed by atoms with Crippen LogP contribution in [0.25, 0.3) is 6.08 Å². The molecule has 26 heavy (non-hydrogen) atoms. The summed E-state index contributed by atoms with van der Waals surface area (Å²) in [5.41, 5.74) is 3.97. The van der Waals surface area contributed by atoms with E-state index >= 15 is 0 Å². The molecule has 3 rings (SSSR count). The Morgan fingerprint density at radius 1 is 0.846 bits per heavy atom. The molecule has 0 aromatic heterocycles. The Hall–Kier alpha value is -2.22. The predicted octanol–water partition coefficient (Wildman–Crippen LogP) is 6.25. The molecule has 0 saturated carbocycles. The van der Waals surface area contributed by atoms with Gasteiger partial charge in [-0.15, -0.1) is 0 Å². The standard InChI is InChI=1S/C24H31NO/c1-21-13-6-9-17-24(21)26-20-11-5-3-2-4-10-18-25-19-12-15-22-14-7-8-16-23(22)25/h6-9,12-17H,2-5,10-11,18-20H2,1H3. The van der Waals surface area contributed by atoms with Crippen LogP contribution in [0.1, 0.15) is 49.7 Å². The molecule has 0 N–H and O–H groups in total. The lowest BCUT2D eigenvalue weighted by molar-refractivity contribution is 0.302. The van der Waals surface area contributed by atoms with Crippen molar-refractivity contribution in [3.63, 3.8) is 0 Å². The number of hydrogen-bond acceptors (Lipinski definition) is 2. The summed E-state index contributed by atoms with van der Waals surface area (Å²) in [6.07, 6.45) is 12.2. The van der Waals surface area contributed by atoms with Crippen LogP contribution in [0, 0.1) is 6.92 Å². The molecular formula is C24H31NO. The van der Waals surface area contributed by atoms with Crippen LogP contribution >= 0.6 is 0 Å². The minimum absolute atomic E-state index is 0.835. The number of anilines is 1. The summed E-state index contributed by atoms with van der Waals surface area (Å²) < 4.78 is 5.86. The second kappa shape index (κ2) is 10.1. The maximum absolute atomic E-state index is 5.86. The normalized spacial score (nSPS) is 12.9. The highest BCUT2D eigenvalue weighted by Crippen LogP contribution is 2.25. The summed E-state index contributed by atoms with van der Waals surface area (Å²) in [5.74, 6) is 1.03. The van der Waals surface area contributed by atoms with Crippen molar-refractivity contribution in [1.29, 1.82) is 0 Å². The second-order valence-electron chi connectivity index (χ2n) is 7.14. The monoisotopic (exact) mass is 349 g/mol. The molecule has 2 aromatic rings. The van der Waals surface area contributed by atoms with Crippen molar-refractivity contribution in [3.8, 4) is 5.75 Å². The summed E-state index contributed by atoms with van der Waals surface area (Å²) in [5, 5.41) is 0. The highest BCUT2D eigenvalue weighted by molar-refractivity contribution is 5.71. The van der Waals surface area contributed by atoms with E-state index in [1.807, 2.05) is 6.07 Å². The van der Waals surface area contributed by atoms with Crippen molar-refractivity contribution in [2.45, 2.75) is 45.4 Å². The van der Waals surface area contributed by atoms with E-state index in [0.29, 0.717) is 0 Å². The number of hydrogen-bond donors (Lipinski definition) is 0. The molecule has 0 aliphatic carbocycles. The maximum Gasteiger partial charge on any atom is 0.122 e. The van der Waals surface area contributed by atoms with E-state index in [1.165, 1.54) is 48.9 Å². The van der Waals surface area contributed by atoms with Crippen molar-refractivity contribution in [3.05, 3.63) is 65.7 Å². The van der Waals surface area contributed by atoms with Gasteiger partial charge in [-0.05, 0) is 43.0 Å². The van der Waals surface area contributed by atoms with Gasteiger partial charge in [0.25, 0.3) is 0 Å². The highest BCUT2D eigenvalue weighted by atomic mass is 16.5. The number of unbranched alkanes of at least 4 members (excludes halogenated alkanes) is 5. The van der Waals surface area contributed by atoms with Gasteiger partial charge in [0.1, 0.15) is 5.75 Å². The molecule has 2 nitrogen and oxygen atoms in total. The maximum atomic E-state index is 5.86. The number of nitrogens with zero attached hydrogens (tertiary/aromatic N) is 1. The quantitative estimate of drug-likeness (QED) is 0.470. The van der Waals surface area contributed by atoms with Gasteiger partial charge in [-0.1, -0.05) is 74.2 Å². The minimum atomic E-state index is 0.835. The molecule has 0 fully saturated rings. The summed E-state index contributed by atoms with van der Waals surface area (Å²) in [7, 11) is 0. The smallest absolute Gasteiger partial charge is 0.122 e. The Morgan fingerprint density at radius 3 is 2.46 bits per heavy atom. The van der Waals surface area contributed by atoms with E-state index in [9.17, 15) is 0 Å². The first-order valence-electron chi connectivity index (χ1n) is 10.0. The van der Waals surface area contributed by atoms with E-state index in [4.69, 9.17) is 4.74 Å². The Bertz CT molecular complexity index is 707. The largest absolute Gasteiger partial charge is 0.493 e. The van der Waals surface area contributed by atoms with Crippen molar-refractivity contribution in [1.82, 2.24) is 0 Å². The molecule has 0 unspecified atom stereocenters. The molecule has 0 radical (unpaired) electrons. The number of ether oxygens (including phenoxy) is 1. The summed E-state index contributed by atoms with van der Waals surface area (Å²) in [4.78, 5) is 2.51. The zero-order valence-electron chi connectivity index (χ0n) is 16.0. The molecule has 0 atom stereocenters. The molecule has 0 bridgehead atoms. The first-order chi connectivity index (χ1) is 12.8. The van der Waals surface area contributed by atoms with E-state index in [1.54, 1.807) is 0 Å². The van der Waals surface area contributed by atoms with E-state index in [0.717, 1.165) is 31.9 Å². The first kappa shape index (κ1) is 18.6. The lowest BCUT2D eigenvalue weighted by Crippen LogP contribution is -2.26. The van der Waals surface area contributed by atoms with Crippen LogP contribution in [0.4, 0.5) is 5.69 Å². The minimum Gasteiger partial charge on any atom is -0.493 e. The van der Waals surface area contributed by atoms with Gasteiger partial charge >= 0.3 is 0 Å². The van der Waals surface area contributed by atoms with Gasteiger partial charge in [0.2, 0.25) is 0 Å². The Morgan fingerprint density at radius 2 is 1.58 bits per heavy atom. The van der Waals surface area contributed by atoms with E-state index < -0.39 is 0 Å². The molecule has 1 aliphatic heterocycles. The molecular weight excluding hydrogens is 318 g/mol. The third-order valence-electron chi connectivity index (χ3n) is 5.07. The summed E-state index contributed by atoms with van der Waals surface area (Å²) in [6.45, 7) is 5.15. The van der Waals surface area contributed by atoms with Gasteiger partial charge in [-0.25, -0.2) is 0 Å². The van der Waals surface area contributed by atoms with Crippen LogP contribution in [0.15, 0.2) is 54.6 Å². The summed E-state index contributed by atoms with van der Waals surface area (Å²) in [6, 6.07) is 17.0. The van der Waals surface area contributed by atoms with Gasteiger partial charge in [0, 0.05) is 18.8 Å². The Balaban J connectivity index is 1.23. The number of rotatable bonds is 10. The van der Waals surface area contributed by atoms with Gasteiger partial charge in [0.05, 0.1) is 6.61 Å². The molecule has 2 aromatic carbocycles. The van der Waals surface area contributed by atoms with Gasteiger partial charge in [-0.2, -0.15) is 0 Å². The Kier molecular flexibility index (Phi) is 7.18. The molecule has 0 amide bonds. The third kappa shape index (κ3) is 5.39. The molecule has 0 saturated heterocycles.